The second kappa shape index (κ2) is 11.6. The summed E-state index contributed by atoms with van der Waals surface area (Å²) < 4.78 is 17.9. The Balaban J connectivity index is 1.92. The number of benzene rings is 1. The standard InChI is InChI=1S/C24H36N4O3/c1-4-5-6-7-8-14-31-21-15-17-12-13-20(28-27-16-26-25)18-10-9-11-19(18)22(17)24(30-3)23(21)29-2/h15-16H,4-14,25H2,1-3H3,(H,26,27). The quantitative estimate of drug-likeness (QED) is 0.174. The molecule has 7 heteroatoms. The molecule has 0 aliphatic heterocycles. The molecule has 0 aromatic heterocycles. The fourth-order valence-corrected chi connectivity index (χ4v) is 4.58. The molecule has 3 N–H and O–H groups in total. The van der Waals surface area contributed by atoms with Crippen molar-refractivity contribution < 1.29 is 14.2 Å². The Bertz CT molecular complexity index is 846. The maximum atomic E-state index is 6.18. The van der Waals surface area contributed by atoms with Crippen LogP contribution in [0.2, 0.25) is 0 Å². The van der Waals surface area contributed by atoms with Gasteiger partial charge in [-0.25, -0.2) is 0 Å². The third-order valence-corrected chi connectivity index (χ3v) is 6.03. The molecule has 0 heterocycles. The van der Waals surface area contributed by atoms with E-state index in [1.54, 1.807) is 14.2 Å². The van der Waals surface area contributed by atoms with Gasteiger partial charge in [0.1, 0.15) is 6.34 Å². The molecule has 0 atom stereocenters. The Kier molecular flexibility index (Phi) is 8.62. The molecule has 170 valence electrons. The first-order valence-electron chi connectivity index (χ1n) is 11.4. The van der Waals surface area contributed by atoms with Crippen molar-refractivity contribution in [3.05, 3.63) is 22.8 Å². The molecular weight excluding hydrogens is 392 g/mol. The van der Waals surface area contributed by atoms with E-state index in [0.717, 1.165) is 61.3 Å². The number of hydrogen-bond acceptors (Lipinski definition) is 6. The van der Waals surface area contributed by atoms with E-state index in [4.69, 9.17) is 20.1 Å². The van der Waals surface area contributed by atoms with Crippen LogP contribution in [0.3, 0.4) is 0 Å². The summed E-state index contributed by atoms with van der Waals surface area (Å²) in [5.41, 5.74) is 8.88. The highest BCUT2D eigenvalue weighted by Crippen LogP contribution is 2.50. The summed E-state index contributed by atoms with van der Waals surface area (Å²) in [6.45, 7) is 2.91. The maximum Gasteiger partial charge on any atom is 0.203 e. The topological polar surface area (TPSA) is 90.5 Å². The first kappa shape index (κ1) is 23.0. The van der Waals surface area contributed by atoms with Crippen LogP contribution in [0.5, 0.6) is 17.2 Å². The zero-order chi connectivity index (χ0) is 22.1. The summed E-state index contributed by atoms with van der Waals surface area (Å²) in [6, 6.07) is 2.14. The second-order valence-electron chi connectivity index (χ2n) is 8.01. The van der Waals surface area contributed by atoms with Gasteiger partial charge >= 0.3 is 0 Å². The third-order valence-electron chi connectivity index (χ3n) is 6.03. The number of ether oxygens (including phenoxy) is 3. The summed E-state index contributed by atoms with van der Waals surface area (Å²) in [5.74, 6) is 7.41. The smallest absolute Gasteiger partial charge is 0.203 e. The average molecular weight is 429 g/mol. The Morgan fingerprint density at radius 2 is 1.77 bits per heavy atom. The molecule has 2 aliphatic carbocycles. The van der Waals surface area contributed by atoms with Crippen LogP contribution >= 0.6 is 0 Å². The highest BCUT2D eigenvalue weighted by atomic mass is 16.5. The fourth-order valence-electron chi connectivity index (χ4n) is 4.58. The van der Waals surface area contributed by atoms with E-state index in [1.165, 1.54) is 48.7 Å². The van der Waals surface area contributed by atoms with Crippen LogP contribution in [0.25, 0.3) is 5.57 Å². The zero-order valence-corrected chi connectivity index (χ0v) is 19.1. The summed E-state index contributed by atoms with van der Waals surface area (Å²) >= 11 is 0. The van der Waals surface area contributed by atoms with Gasteiger partial charge in [0.2, 0.25) is 5.75 Å². The third kappa shape index (κ3) is 5.32. The lowest BCUT2D eigenvalue weighted by molar-refractivity contribution is 0.275. The Morgan fingerprint density at radius 1 is 1.00 bits per heavy atom. The van der Waals surface area contributed by atoms with Crippen LogP contribution in [0.15, 0.2) is 21.8 Å². The van der Waals surface area contributed by atoms with Crippen molar-refractivity contribution in [1.82, 2.24) is 5.43 Å². The number of rotatable bonds is 11. The first-order valence-corrected chi connectivity index (χ1v) is 11.4. The van der Waals surface area contributed by atoms with Crippen molar-refractivity contribution in [2.75, 3.05) is 20.8 Å². The lowest BCUT2D eigenvalue weighted by Gasteiger charge is -2.20. The van der Waals surface area contributed by atoms with Crippen molar-refractivity contribution >= 4 is 17.6 Å². The van der Waals surface area contributed by atoms with Crippen LogP contribution in [0.1, 0.15) is 75.8 Å². The molecule has 1 aromatic carbocycles. The van der Waals surface area contributed by atoms with Crippen LogP contribution in [0, 0.1) is 0 Å². The number of nitrogens with one attached hydrogen (secondary N) is 1. The van der Waals surface area contributed by atoms with Crippen molar-refractivity contribution in [3.8, 4) is 17.2 Å². The lowest BCUT2D eigenvalue weighted by atomic mass is 9.95. The minimum absolute atomic E-state index is 0.683. The number of allylic oxidation sites excluding steroid dienone is 2. The SMILES string of the molecule is CCCCCCCOc1cc2c(c(OC)c1OC)C1=C(CCC1)C(=NNC=NN)CC2. The van der Waals surface area contributed by atoms with Crippen molar-refractivity contribution in [2.45, 2.75) is 71.1 Å². The van der Waals surface area contributed by atoms with Crippen LogP contribution in [-0.2, 0) is 6.42 Å². The number of nitrogens with zero attached hydrogens (tertiary/aromatic N) is 2. The molecule has 0 bridgehead atoms. The minimum atomic E-state index is 0.683. The van der Waals surface area contributed by atoms with Crippen molar-refractivity contribution in [3.63, 3.8) is 0 Å². The fraction of sp³-hybridized carbons (Fsp3) is 0.583. The molecule has 0 spiro atoms. The van der Waals surface area contributed by atoms with Gasteiger partial charge in [-0.3, -0.25) is 5.43 Å². The Hall–Kier alpha value is -2.70. The molecule has 0 fully saturated rings. The summed E-state index contributed by atoms with van der Waals surface area (Å²) in [4.78, 5) is 0. The van der Waals surface area contributed by atoms with Crippen molar-refractivity contribution in [2.24, 2.45) is 16.0 Å². The molecule has 3 rings (SSSR count). The predicted molar refractivity (Wildman–Crippen MR) is 126 cm³/mol. The number of fused-ring (bicyclic) bond motifs is 2. The second-order valence-corrected chi connectivity index (χ2v) is 8.01. The molecule has 0 saturated heterocycles. The van der Waals surface area contributed by atoms with E-state index < -0.39 is 0 Å². The van der Waals surface area contributed by atoms with Crippen LogP contribution in [-0.4, -0.2) is 32.9 Å². The van der Waals surface area contributed by atoms with Gasteiger partial charge in [-0.15, -0.1) is 0 Å². The number of hydrazone groups is 2. The molecule has 0 amide bonds. The monoisotopic (exact) mass is 428 g/mol. The largest absolute Gasteiger partial charge is 0.492 e. The first-order chi connectivity index (χ1) is 15.2. The van der Waals surface area contributed by atoms with E-state index >= 15 is 0 Å². The zero-order valence-electron chi connectivity index (χ0n) is 19.1. The van der Waals surface area contributed by atoms with Gasteiger partial charge in [0.05, 0.1) is 26.5 Å². The number of nitrogens with two attached hydrogens (primary N) is 1. The molecule has 0 saturated carbocycles. The maximum absolute atomic E-state index is 6.18. The number of aryl methyl sites for hydroxylation is 1. The molecule has 7 nitrogen and oxygen atoms in total. The molecule has 0 unspecified atom stereocenters. The van der Waals surface area contributed by atoms with Crippen molar-refractivity contribution in [1.29, 1.82) is 0 Å². The average Bonchev–Trinajstić information content (AvgIpc) is 3.21. The molecule has 0 radical (unpaired) electrons. The molecule has 31 heavy (non-hydrogen) atoms. The van der Waals surface area contributed by atoms with E-state index in [9.17, 15) is 0 Å². The Labute approximate surface area is 185 Å². The molecular formula is C24H36N4O3. The van der Waals surface area contributed by atoms with Gasteiger partial charge in [-0.1, -0.05) is 32.6 Å². The highest BCUT2D eigenvalue weighted by Gasteiger charge is 2.31. The highest BCUT2D eigenvalue weighted by molar-refractivity contribution is 6.09. The van der Waals surface area contributed by atoms with Crippen LogP contribution < -0.4 is 25.5 Å². The summed E-state index contributed by atoms with van der Waals surface area (Å²) in [7, 11) is 3.39. The summed E-state index contributed by atoms with van der Waals surface area (Å²) in [5, 5.41) is 8.01. The van der Waals surface area contributed by atoms with Gasteiger partial charge in [0.15, 0.2) is 11.5 Å². The van der Waals surface area contributed by atoms with E-state index in [2.05, 4.69) is 28.6 Å². The van der Waals surface area contributed by atoms with Crippen LogP contribution in [0.4, 0.5) is 0 Å². The van der Waals surface area contributed by atoms with E-state index in [-0.39, 0.29) is 0 Å². The van der Waals surface area contributed by atoms with E-state index in [0.29, 0.717) is 12.4 Å². The minimum Gasteiger partial charge on any atom is -0.492 e. The normalized spacial score (nSPS) is 16.9. The molecule has 1 aromatic rings. The predicted octanol–water partition coefficient (Wildman–Crippen LogP) is 4.78. The van der Waals surface area contributed by atoms with Gasteiger partial charge in [-0.2, -0.15) is 10.2 Å². The molecule has 2 aliphatic rings. The van der Waals surface area contributed by atoms with Gasteiger partial charge in [0.25, 0.3) is 0 Å². The van der Waals surface area contributed by atoms with Gasteiger partial charge < -0.3 is 20.1 Å². The summed E-state index contributed by atoms with van der Waals surface area (Å²) in [6.07, 6.45) is 12.2. The Morgan fingerprint density at radius 3 is 2.52 bits per heavy atom. The lowest BCUT2D eigenvalue weighted by Crippen LogP contribution is -2.11. The number of unbranched alkanes of at least 4 members (excludes halogenated alkanes) is 4. The van der Waals surface area contributed by atoms with Gasteiger partial charge in [-0.05, 0) is 61.3 Å². The van der Waals surface area contributed by atoms with E-state index in [1.807, 2.05) is 0 Å². The van der Waals surface area contributed by atoms with Gasteiger partial charge in [0, 0.05) is 5.56 Å². The number of hydrogen-bond donors (Lipinski definition) is 2. The number of methoxy groups -OCH3 is 2.